The molecule has 0 aliphatic rings. The molecule has 0 fully saturated rings. The summed E-state index contributed by atoms with van der Waals surface area (Å²) in [6, 6.07) is 0. The molecule has 100 valence electrons. The normalized spacial score (nSPS) is 11.1. The van der Waals surface area contributed by atoms with Crippen LogP contribution in [0.4, 0.5) is 0 Å². The molecule has 0 aliphatic heterocycles. The number of amides is 1. The number of esters is 1. The summed E-state index contributed by atoms with van der Waals surface area (Å²) in [5.74, 6) is -0.296. The molecular weight excluding hydrogens is 220 g/mol. The van der Waals surface area contributed by atoms with E-state index in [1.165, 1.54) is 0 Å². The average molecular weight is 244 g/mol. The van der Waals surface area contributed by atoms with Gasteiger partial charge in [-0.2, -0.15) is 0 Å². The smallest absolute Gasteiger partial charge is 0.320 e. The monoisotopic (exact) mass is 244 g/mol. The van der Waals surface area contributed by atoms with Gasteiger partial charge in [-0.3, -0.25) is 9.59 Å². The Kier molecular flexibility index (Phi) is 7.54. The van der Waals surface area contributed by atoms with Crippen LogP contribution in [-0.2, 0) is 14.3 Å². The Labute approximate surface area is 103 Å². The van der Waals surface area contributed by atoms with E-state index in [-0.39, 0.29) is 18.4 Å². The van der Waals surface area contributed by atoms with Gasteiger partial charge in [-0.05, 0) is 27.2 Å². The van der Waals surface area contributed by atoms with Crippen LogP contribution in [0.25, 0.3) is 0 Å². The molecule has 2 N–H and O–H groups in total. The maximum absolute atomic E-state index is 11.3. The second kappa shape index (κ2) is 8.06. The number of nitrogens with one attached hydrogen (secondary N) is 2. The number of ether oxygens (including phenoxy) is 1. The standard InChI is InChI=1S/C12H24N2O3/c1-5-7-14-10(15)6-8-13-9-11(16)17-12(2,3)4/h13H,5-9H2,1-4H3,(H,14,15). The third-order valence-electron chi connectivity index (χ3n) is 1.79. The van der Waals surface area contributed by atoms with E-state index in [0.29, 0.717) is 19.5 Å². The van der Waals surface area contributed by atoms with Gasteiger partial charge in [0.15, 0.2) is 0 Å². The van der Waals surface area contributed by atoms with E-state index < -0.39 is 5.60 Å². The van der Waals surface area contributed by atoms with Gasteiger partial charge in [-0.15, -0.1) is 0 Å². The van der Waals surface area contributed by atoms with Crippen molar-refractivity contribution in [2.45, 2.75) is 46.1 Å². The van der Waals surface area contributed by atoms with E-state index in [9.17, 15) is 9.59 Å². The fraction of sp³-hybridized carbons (Fsp3) is 0.833. The molecule has 0 spiro atoms. The second-order valence-electron chi connectivity index (χ2n) is 4.86. The fourth-order valence-electron chi connectivity index (χ4n) is 1.12. The van der Waals surface area contributed by atoms with E-state index in [2.05, 4.69) is 10.6 Å². The highest BCUT2D eigenvalue weighted by Crippen LogP contribution is 2.05. The van der Waals surface area contributed by atoms with Crippen molar-refractivity contribution in [3.05, 3.63) is 0 Å². The summed E-state index contributed by atoms with van der Waals surface area (Å²) >= 11 is 0. The van der Waals surface area contributed by atoms with Crippen LogP contribution in [-0.4, -0.2) is 37.1 Å². The topological polar surface area (TPSA) is 67.4 Å². The van der Waals surface area contributed by atoms with Crippen LogP contribution in [0, 0.1) is 0 Å². The highest BCUT2D eigenvalue weighted by molar-refractivity contribution is 5.76. The predicted octanol–water partition coefficient (Wildman–Crippen LogP) is 0.834. The zero-order valence-electron chi connectivity index (χ0n) is 11.3. The summed E-state index contributed by atoms with van der Waals surface area (Å²) < 4.78 is 5.11. The Hall–Kier alpha value is -1.10. The van der Waals surface area contributed by atoms with Gasteiger partial charge < -0.3 is 15.4 Å². The molecule has 0 heterocycles. The van der Waals surface area contributed by atoms with E-state index in [4.69, 9.17) is 4.74 Å². The molecule has 1 amide bonds. The summed E-state index contributed by atoms with van der Waals surface area (Å²) in [6.45, 7) is 8.79. The Balaban J connectivity index is 3.51. The molecule has 0 aromatic heterocycles. The Morgan fingerprint density at radius 2 is 1.82 bits per heavy atom. The van der Waals surface area contributed by atoms with Crippen molar-refractivity contribution in [3.63, 3.8) is 0 Å². The largest absolute Gasteiger partial charge is 0.459 e. The SMILES string of the molecule is CCCNC(=O)CCNCC(=O)OC(C)(C)C. The molecule has 17 heavy (non-hydrogen) atoms. The van der Waals surface area contributed by atoms with E-state index >= 15 is 0 Å². The third-order valence-corrected chi connectivity index (χ3v) is 1.79. The first-order valence-electron chi connectivity index (χ1n) is 6.04. The van der Waals surface area contributed by atoms with Gasteiger partial charge in [0.25, 0.3) is 0 Å². The van der Waals surface area contributed by atoms with Gasteiger partial charge >= 0.3 is 5.97 Å². The minimum atomic E-state index is -0.461. The van der Waals surface area contributed by atoms with Crippen molar-refractivity contribution < 1.29 is 14.3 Å². The van der Waals surface area contributed by atoms with Crippen molar-refractivity contribution in [2.75, 3.05) is 19.6 Å². The molecule has 0 radical (unpaired) electrons. The Morgan fingerprint density at radius 1 is 1.18 bits per heavy atom. The molecule has 5 nitrogen and oxygen atoms in total. The maximum atomic E-state index is 11.3. The highest BCUT2D eigenvalue weighted by atomic mass is 16.6. The van der Waals surface area contributed by atoms with Gasteiger partial charge in [-0.25, -0.2) is 0 Å². The molecule has 0 aliphatic carbocycles. The molecule has 0 bridgehead atoms. The van der Waals surface area contributed by atoms with Crippen molar-refractivity contribution >= 4 is 11.9 Å². The van der Waals surface area contributed by atoms with Crippen molar-refractivity contribution in [2.24, 2.45) is 0 Å². The molecule has 0 saturated heterocycles. The summed E-state index contributed by atoms with van der Waals surface area (Å²) in [6.07, 6.45) is 1.31. The average Bonchev–Trinajstić information content (AvgIpc) is 2.19. The predicted molar refractivity (Wildman–Crippen MR) is 66.6 cm³/mol. The summed E-state index contributed by atoms with van der Waals surface area (Å²) in [5, 5.41) is 5.64. The number of hydrogen-bond acceptors (Lipinski definition) is 4. The molecule has 0 aromatic carbocycles. The fourth-order valence-corrected chi connectivity index (χ4v) is 1.12. The molecule has 0 unspecified atom stereocenters. The molecule has 0 aromatic rings. The van der Waals surface area contributed by atoms with Crippen molar-refractivity contribution in [3.8, 4) is 0 Å². The molecule has 0 saturated carbocycles. The number of hydrogen-bond donors (Lipinski definition) is 2. The molecule has 0 rings (SSSR count). The van der Waals surface area contributed by atoms with Crippen molar-refractivity contribution in [1.82, 2.24) is 10.6 Å². The van der Waals surface area contributed by atoms with Gasteiger partial charge in [0.05, 0.1) is 6.54 Å². The first kappa shape index (κ1) is 15.9. The lowest BCUT2D eigenvalue weighted by Crippen LogP contribution is -2.34. The molecule has 5 heteroatoms. The lowest BCUT2D eigenvalue weighted by molar-refractivity contribution is -0.153. The van der Waals surface area contributed by atoms with E-state index in [0.717, 1.165) is 6.42 Å². The Morgan fingerprint density at radius 3 is 2.35 bits per heavy atom. The van der Waals surface area contributed by atoms with Crippen LogP contribution in [0.2, 0.25) is 0 Å². The maximum Gasteiger partial charge on any atom is 0.320 e. The Bertz CT molecular complexity index is 247. The van der Waals surface area contributed by atoms with Crippen LogP contribution in [0.15, 0.2) is 0 Å². The van der Waals surface area contributed by atoms with Crippen LogP contribution >= 0.6 is 0 Å². The summed E-state index contributed by atoms with van der Waals surface area (Å²) in [7, 11) is 0. The van der Waals surface area contributed by atoms with Gasteiger partial charge in [0, 0.05) is 19.5 Å². The number of rotatable bonds is 7. The zero-order chi connectivity index (χ0) is 13.3. The van der Waals surface area contributed by atoms with Gasteiger partial charge in [-0.1, -0.05) is 6.92 Å². The van der Waals surface area contributed by atoms with Crippen LogP contribution in [0.1, 0.15) is 40.5 Å². The first-order chi connectivity index (χ1) is 7.85. The lowest BCUT2D eigenvalue weighted by Gasteiger charge is -2.19. The van der Waals surface area contributed by atoms with E-state index in [1.54, 1.807) is 0 Å². The molecular formula is C12H24N2O3. The van der Waals surface area contributed by atoms with Gasteiger partial charge in [0.2, 0.25) is 5.91 Å². The van der Waals surface area contributed by atoms with Crippen LogP contribution < -0.4 is 10.6 Å². The lowest BCUT2D eigenvalue weighted by atomic mass is 10.2. The third kappa shape index (κ3) is 11.2. The summed E-state index contributed by atoms with van der Waals surface area (Å²) in [5.41, 5.74) is -0.461. The minimum Gasteiger partial charge on any atom is -0.459 e. The number of carbonyl (C=O) groups excluding carboxylic acids is 2. The molecule has 0 atom stereocenters. The minimum absolute atomic E-state index is 0.00328. The van der Waals surface area contributed by atoms with Gasteiger partial charge in [0.1, 0.15) is 5.60 Å². The van der Waals surface area contributed by atoms with E-state index in [1.807, 2.05) is 27.7 Å². The van der Waals surface area contributed by atoms with Crippen molar-refractivity contribution in [1.29, 1.82) is 0 Å². The highest BCUT2D eigenvalue weighted by Gasteiger charge is 2.15. The second-order valence-corrected chi connectivity index (χ2v) is 4.86. The van der Waals surface area contributed by atoms with Crippen LogP contribution in [0.5, 0.6) is 0 Å². The quantitative estimate of drug-likeness (QED) is 0.514. The zero-order valence-corrected chi connectivity index (χ0v) is 11.3. The van der Waals surface area contributed by atoms with Crippen LogP contribution in [0.3, 0.4) is 0 Å². The first-order valence-corrected chi connectivity index (χ1v) is 6.04. The number of carbonyl (C=O) groups is 2. The summed E-state index contributed by atoms with van der Waals surface area (Å²) in [4.78, 5) is 22.5.